The Morgan fingerprint density at radius 2 is 0.881 bits per heavy atom. The largest absolute Gasteiger partial charge is 0.397 e. The van der Waals surface area contributed by atoms with Crippen molar-refractivity contribution in [3.8, 4) is 17.1 Å². The summed E-state index contributed by atoms with van der Waals surface area (Å²) < 4.78 is 5.91. The molecule has 0 saturated carbocycles. The normalized spacial score (nSPS) is 12.2. The van der Waals surface area contributed by atoms with Crippen LogP contribution in [-0.2, 0) is 12.8 Å². The Morgan fingerprint density at radius 3 is 1.24 bits per heavy atom. The molecule has 0 atom stereocenters. The van der Waals surface area contributed by atoms with Gasteiger partial charge in [0.1, 0.15) is 0 Å². The maximum Gasteiger partial charge on any atom is 0.252 e. The monoisotopic (exact) mass is 816 g/mol. The Morgan fingerprint density at radius 1 is 0.492 bits per heavy atom. The highest BCUT2D eigenvalue weighted by Gasteiger charge is 2.20. The number of nitrogens with zero attached hydrogens (tertiary/aromatic N) is 8. The van der Waals surface area contributed by atoms with E-state index in [1.54, 1.807) is 31.0 Å². The maximum absolute atomic E-state index is 10.6. The Kier molecular flexibility index (Phi) is 11.1. The number of rotatable bonds is 7. The van der Waals surface area contributed by atoms with Crippen LogP contribution in [0.25, 0.3) is 17.1 Å². The van der Waals surface area contributed by atoms with Crippen LogP contribution in [0.3, 0.4) is 0 Å². The highest BCUT2D eigenvalue weighted by atomic mass is 35.5. The zero-order chi connectivity index (χ0) is 40.9. The van der Waals surface area contributed by atoms with E-state index >= 15 is 0 Å². The van der Waals surface area contributed by atoms with Crippen LogP contribution in [0.1, 0.15) is 43.0 Å². The number of fused-ring (bicyclic) bond motifs is 2. The summed E-state index contributed by atoms with van der Waals surface area (Å²) in [7, 11) is 0. The van der Waals surface area contributed by atoms with Crippen molar-refractivity contribution in [1.29, 1.82) is 0 Å². The van der Waals surface area contributed by atoms with E-state index in [0.717, 1.165) is 63.8 Å². The van der Waals surface area contributed by atoms with E-state index in [2.05, 4.69) is 75.6 Å². The summed E-state index contributed by atoms with van der Waals surface area (Å²) in [6.45, 7) is 0. The molecule has 0 radical (unpaired) electrons. The van der Waals surface area contributed by atoms with Crippen molar-refractivity contribution in [1.82, 2.24) is 28.7 Å². The van der Waals surface area contributed by atoms with Gasteiger partial charge in [-0.15, -0.1) is 0 Å². The number of carbonyl (C=O) groups excluding carboxylic acids is 2. The average Bonchev–Trinajstić information content (AvgIpc) is 4.12. The summed E-state index contributed by atoms with van der Waals surface area (Å²) in [5.41, 5.74) is 25.4. The van der Waals surface area contributed by atoms with Gasteiger partial charge in [-0.2, -0.15) is 0 Å². The maximum atomic E-state index is 10.6. The first-order chi connectivity index (χ1) is 28.7. The van der Waals surface area contributed by atoms with E-state index in [0.29, 0.717) is 22.5 Å². The van der Waals surface area contributed by atoms with Gasteiger partial charge in [-0.05, 0) is 124 Å². The molecule has 4 N–H and O–H groups in total. The van der Waals surface area contributed by atoms with Crippen LogP contribution in [-0.4, -0.2) is 50.6 Å². The van der Waals surface area contributed by atoms with Gasteiger partial charge in [0, 0.05) is 78.2 Å². The number of nitrogen functional groups attached to an aromatic ring is 2. The van der Waals surface area contributed by atoms with Crippen LogP contribution in [0.5, 0.6) is 0 Å². The number of halogens is 2. The number of anilines is 2. The average molecular weight is 818 g/mol. The number of carbonyl (C=O) groups is 2. The predicted octanol–water partition coefficient (Wildman–Crippen LogP) is 8.89. The Labute approximate surface area is 348 Å². The van der Waals surface area contributed by atoms with Gasteiger partial charge in [-0.25, -0.2) is 15.0 Å². The van der Waals surface area contributed by atoms with Crippen LogP contribution in [0.15, 0.2) is 169 Å². The smallest absolute Gasteiger partial charge is 0.252 e. The molecule has 2 aliphatic rings. The molecule has 12 nitrogen and oxygen atoms in total. The van der Waals surface area contributed by atoms with Crippen molar-refractivity contribution >= 4 is 67.9 Å². The number of aliphatic imine (C=N–C) groups is 2. The van der Waals surface area contributed by atoms with E-state index < -0.39 is 10.5 Å². The highest BCUT2D eigenvalue weighted by molar-refractivity contribution is 6.68. The van der Waals surface area contributed by atoms with Crippen molar-refractivity contribution in [3.05, 3.63) is 193 Å². The van der Waals surface area contributed by atoms with Gasteiger partial charge in [-0.3, -0.25) is 19.6 Å². The minimum atomic E-state index is -0.552. The summed E-state index contributed by atoms with van der Waals surface area (Å²) >= 11 is 10.4. The molecule has 5 heterocycles. The molecule has 8 aromatic rings. The summed E-state index contributed by atoms with van der Waals surface area (Å²) in [6.07, 6.45) is 18.1. The van der Waals surface area contributed by atoms with E-state index in [1.807, 2.05) is 57.1 Å². The summed E-state index contributed by atoms with van der Waals surface area (Å²) in [5, 5.41) is -1.10. The van der Waals surface area contributed by atoms with Gasteiger partial charge in [0.2, 0.25) is 0 Å². The lowest BCUT2D eigenvalue weighted by atomic mass is 9.99. The molecule has 0 saturated heterocycles. The minimum Gasteiger partial charge on any atom is -0.397 e. The van der Waals surface area contributed by atoms with Crippen molar-refractivity contribution < 1.29 is 9.59 Å². The minimum absolute atomic E-state index is 0.346. The first-order valence-electron chi connectivity index (χ1n) is 18.3. The number of hydrogen-bond donors (Lipinski definition) is 2. The van der Waals surface area contributed by atoms with E-state index in [1.165, 1.54) is 35.4 Å². The SMILES string of the molecule is Nc1ccc(-n2ccnc2)cc1N.O=C(Cl)c1ccc(C(=O)Cl)cc1.c1cn(-c2ccc3c(c2)CC(c2ccc(C4=Nc5ccc(-n6ccnc6)cc5C4)cc2)=N3)cn1. The van der Waals surface area contributed by atoms with Crippen LogP contribution >= 0.6 is 23.2 Å². The molecule has 3 aromatic heterocycles. The molecular formula is C45H34Cl2N10O2. The lowest BCUT2D eigenvalue weighted by Crippen LogP contribution is -2.04. The van der Waals surface area contributed by atoms with Gasteiger partial charge >= 0.3 is 0 Å². The molecule has 14 heteroatoms. The van der Waals surface area contributed by atoms with Crippen LogP contribution < -0.4 is 11.5 Å². The number of hydrogen-bond acceptors (Lipinski definition) is 9. The molecule has 290 valence electrons. The molecule has 10 rings (SSSR count). The van der Waals surface area contributed by atoms with Gasteiger partial charge in [0.15, 0.2) is 0 Å². The molecule has 0 amide bonds. The van der Waals surface area contributed by atoms with Crippen molar-refractivity contribution in [2.75, 3.05) is 11.5 Å². The zero-order valence-corrected chi connectivity index (χ0v) is 32.7. The molecule has 0 bridgehead atoms. The molecule has 0 spiro atoms. The fourth-order valence-electron chi connectivity index (χ4n) is 6.58. The van der Waals surface area contributed by atoms with Gasteiger partial charge in [-0.1, -0.05) is 24.3 Å². The van der Waals surface area contributed by atoms with Gasteiger partial charge < -0.3 is 25.2 Å². The Balaban J connectivity index is 0.000000158. The second kappa shape index (κ2) is 17.0. The fraction of sp³-hybridized carbons (Fsp3) is 0.0444. The molecule has 59 heavy (non-hydrogen) atoms. The Bertz CT molecular complexity index is 2680. The standard InChI is InChI=1S/C28H20N6.C9H10N4.C8H4Cl2O2/c1-2-20(28-16-22-14-24(6-8-26(22)32-28)34-12-10-30-18-34)4-3-19(1)27-15-21-13-23(5-7-25(21)31-27)33-11-9-29-17-33;10-8-2-1-7(5-9(8)11)13-4-3-12-6-13;9-7(11)5-1-2-6(4-3-5)8(10)12/h1-14,17-18H,15-16H2;1-6H,10-11H2;1-4H. The first kappa shape index (κ1) is 38.5. The molecule has 2 aliphatic heterocycles. The van der Waals surface area contributed by atoms with Gasteiger partial charge in [0.05, 0.1) is 53.2 Å². The topological polar surface area (TPSA) is 164 Å². The summed E-state index contributed by atoms with van der Waals surface area (Å²) in [5.74, 6) is 0. The molecule has 5 aromatic carbocycles. The second-order valence-electron chi connectivity index (χ2n) is 13.5. The summed E-state index contributed by atoms with van der Waals surface area (Å²) in [4.78, 5) is 43.2. The van der Waals surface area contributed by atoms with Gasteiger partial charge in [0.25, 0.3) is 10.5 Å². The lowest BCUT2D eigenvalue weighted by molar-refractivity contribution is 0.107. The number of nitrogens with two attached hydrogens (primary N) is 2. The van der Waals surface area contributed by atoms with Crippen molar-refractivity contribution in [2.45, 2.75) is 12.8 Å². The third-order valence-corrected chi connectivity index (χ3v) is 10.2. The van der Waals surface area contributed by atoms with E-state index in [-0.39, 0.29) is 0 Å². The third kappa shape index (κ3) is 8.79. The van der Waals surface area contributed by atoms with Crippen LogP contribution in [0, 0.1) is 0 Å². The van der Waals surface area contributed by atoms with Crippen LogP contribution in [0.2, 0.25) is 0 Å². The highest BCUT2D eigenvalue weighted by Crippen LogP contribution is 2.33. The molecule has 0 aliphatic carbocycles. The fourth-order valence-corrected chi connectivity index (χ4v) is 6.83. The zero-order valence-electron chi connectivity index (χ0n) is 31.2. The van der Waals surface area contributed by atoms with Crippen LogP contribution in [0.4, 0.5) is 22.7 Å². The van der Waals surface area contributed by atoms with Crippen molar-refractivity contribution in [2.24, 2.45) is 9.98 Å². The van der Waals surface area contributed by atoms with Crippen molar-refractivity contribution in [3.63, 3.8) is 0 Å². The quantitative estimate of drug-likeness (QED) is 0.120. The van der Waals surface area contributed by atoms with E-state index in [9.17, 15) is 9.59 Å². The van der Waals surface area contributed by atoms with E-state index in [4.69, 9.17) is 44.7 Å². The third-order valence-electron chi connectivity index (χ3n) is 9.72. The Hall–Kier alpha value is -7.41. The lowest BCUT2D eigenvalue weighted by Gasteiger charge is -2.05. The summed E-state index contributed by atoms with van der Waals surface area (Å²) in [6, 6.07) is 32.7. The first-order valence-corrected chi connectivity index (χ1v) is 19.1. The number of imidazole rings is 3. The second-order valence-corrected chi connectivity index (χ2v) is 14.2. The number of benzene rings is 5. The molecular weight excluding hydrogens is 783 g/mol. The predicted molar refractivity (Wildman–Crippen MR) is 233 cm³/mol. The molecule has 0 unspecified atom stereocenters. The number of aromatic nitrogens is 6. The molecule has 0 fully saturated rings.